The Labute approximate surface area is 160 Å². The molecule has 0 spiro atoms. The van der Waals surface area contributed by atoms with Crippen LogP contribution in [0.4, 0.5) is 0 Å². The number of guanidine groups is 1. The highest BCUT2D eigenvalue weighted by atomic mass is 127. The summed E-state index contributed by atoms with van der Waals surface area (Å²) in [6.45, 7) is 7.19. The van der Waals surface area contributed by atoms with E-state index in [1.165, 1.54) is 5.56 Å². The lowest BCUT2D eigenvalue weighted by atomic mass is 10.1. The lowest BCUT2D eigenvalue weighted by molar-refractivity contribution is 0.387. The molecule has 0 aliphatic carbocycles. The van der Waals surface area contributed by atoms with Crippen molar-refractivity contribution in [2.75, 3.05) is 6.54 Å². The van der Waals surface area contributed by atoms with E-state index in [0.717, 1.165) is 25.3 Å². The van der Waals surface area contributed by atoms with Crippen molar-refractivity contribution in [1.29, 1.82) is 0 Å². The summed E-state index contributed by atoms with van der Waals surface area (Å²) in [5.74, 6) is 1.93. The second-order valence-corrected chi connectivity index (χ2v) is 5.49. The van der Waals surface area contributed by atoms with Crippen LogP contribution in [0.5, 0.6) is 0 Å². The smallest absolute Gasteiger partial charge is 0.223 e. The topological polar surface area (TPSA) is 75.3 Å². The Hall–Kier alpha value is -1.64. The molecule has 0 aliphatic rings. The van der Waals surface area contributed by atoms with Crippen LogP contribution in [0.3, 0.4) is 0 Å². The monoisotopic (exact) mass is 443 g/mol. The number of nitrogens with zero attached hydrogens (tertiary/aromatic N) is 3. The van der Waals surface area contributed by atoms with Crippen LogP contribution in [0.25, 0.3) is 0 Å². The highest BCUT2D eigenvalue weighted by Crippen LogP contribution is 2.05. The first-order chi connectivity index (χ1) is 11.2. The van der Waals surface area contributed by atoms with Crippen LogP contribution in [0, 0.1) is 6.92 Å². The molecule has 2 aromatic rings. The van der Waals surface area contributed by atoms with Crippen LogP contribution >= 0.6 is 24.0 Å². The van der Waals surface area contributed by atoms with Crippen molar-refractivity contribution in [3.8, 4) is 0 Å². The van der Waals surface area contributed by atoms with Crippen LogP contribution < -0.4 is 10.6 Å². The quantitative estimate of drug-likeness (QED) is 0.391. The molecule has 7 heteroatoms. The fourth-order valence-corrected chi connectivity index (χ4v) is 2.21. The third-order valence-corrected chi connectivity index (χ3v) is 3.38. The van der Waals surface area contributed by atoms with Gasteiger partial charge in [-0.2, -0.15) is 4.98 Å². The molecule has 0 aliphatic heterocycles. The highest BCUT2D eigenvalue weighted by molar-refractivity contribution is 14.0. The molecule has 0 radical (unpaired) electrons. The molecule has 2 rings (SSSR count). The molecule has 6 nitrogen and oxygen atoms in total. The largest absolute Gasteiger partial charge is 0.357 e. The number of hydrogen-bond acceptors (Lipinski definition) is 4. The van der Waals surface area contributed by atoms with Crippen LogP contribution in [-0.4, -0.2) is 28.7 Å². The van der Waals surface area contributed by atoms with Crippen molar-refractivity contribution in [2.45, 2.75) is 46.2 Å². The number of benzene rings is 1. The molecule has 24 heavy (non-hydrogen) atoms. The lowest BCUT2D eigenvalue weighted by Gasteiger charge is -2.17. The van der Waals surface area contributed by atoms with Crippen molar-refractivity contribution in [1.82, 2.24) is 20.8 Å². The third kappa shape index (κ3) is 7.29. The molecule has 0 saturated heterocycles. The van der Waals surface area contributed by atoms with E-state index >= 15 is 0 Å². The summed E-state index contributed by atoms with van der Waals surface area (Å²) in [4.78, 5) is 8.66. The molecular formula is C17H26IN5O. The highest BCUT2D eigenvalue weighted by Gasteiger charge is 2.07. The first-order valence-corrected chi connectivity index (χ1v) is 8.05. The van der Waals surface area contributed by atoms with E-state index in [0.29, 0.717) is 24.3 Å². The maximum Gasteiger partial charge on any atom is 0.223 e. The predicted octanol–water partition coefficient (Wildman–Crippen LogP) is 3.07. The minimum atomic E-state index is 0. The molecule has 1 unspecified atom stereocenters. The first-order valence-electron chi connectivity index (χ1n) is 8.05. The van der Waals surface area contributed by atoms with Gasteiger partial charge < -0.3 is 15.2 Å². The Balaban J connectivity index is 0.00000288. The van der Waals surface area contributed by atoms with Crippen LogP contribution in [-0.2, 0) is 13.0 Å². The van der Waals surface area contributed by atoms with E-state index in [2.05, 4.69) is 57.0 Å². The number of nitrogens with one attached hydrogen (secondary N) is 2. The normalized spacial score (nSPS) is 12.4. The van der Waals surface area contributed by atoms with Gasteiger partial charge in [-0.25, -0.2) is 4.99 Å². The number of aliphatic imine (C=N–C) groups is 1. The Bertz CT molecular complexity index is 614. The van der Waals surface area contributed by atoms with Crippen molar-refractivity contribution in [3.63, 3.8) is 0 Å². The van der Waals surface area contributed by atoms with Gasteiger partial charge in [-0.3, -0.25) is 0 Å². The minimum absolute atomic E-state index is 0. The van der Waals surface area contributed by atoms with Gasteiger partial charge in [0.2, 0.25) is 5.89 Å². The zero-order valence-corrected chi connectivity index (χ0v) is 16.8. The molecule has 1 atom stereocenters. The molecule has 0 amide bonds. The molecule has 0 bridgehead atoms. The summed E-state index contributed by atoms with van der Waals surface area (Å²) in [6, 6.07) is 10.8. The Kier molecular flexibility index (Phi) is 9.36. The van der Waals surface area contributed by atoms with E-state index in [1.807, 2.05) is 13.0 Å². The number of halogens is 1. The van der Waals surface area contributed by atoms with Crippen molar-refractivity contribution in [2.24, 2.45) is 4.99 Å². The van der Waals surface area contributed by atoms with Gasteiger partial charge in [0.05, 0.1) is 0 Å². The van der Waals surface area contributed by atoms with Gasteiger partial charge in [-0.05, 0) is 32.3 Å². The van der Waals surface area contributed by atoms with Gasteiger partial charge in [0.25, 0.3) is 0 Å². The van der Waals surface area contributed by atoms with Crippen molar-refractivity contribution in [3.05, 3.63) is 47.6 Å². The van der Waals surface area contributed by atoms with Gasteiger partial charge in [-0.1, -0.05) is 35.5 Å². The minimum Gasteiger partial charge on any atom is -0.357 e. The summed E-state index contributed by atoms with van der Waals surface area (Å²) in [5.41, 5.74) is 1.35. The van der Waals surface area contributed by atoms with Gasteiger partial charge in [0.1, 0.15) is 6.54 Å². The zero-order valence-electron chi connectivity index (χ0n) is 14.5. The summed E-state index contributed by atoms with van der Waals surface area (Å²) >= 11 is 0. The second-order valence-electron chi connectivity index (χ2n) is 5.49. The zero-order chi connectivity index (χ0) is 16.5. The van der Waals surface area contributed by atoms with E-state index in [9.17, 15) is 0 Å². The van der Waals surface area contributed by atoms with E-state index in [-0.39, 0.29) is 24.0 Å². The first kappa shape index (κ1) is 20.4. The molecule has 2 N–H and O–H groups in total. The van der Waals surface area contributed by atoms with Crippen LogP contribution in [0.15, 0.2) is 39.8 Å². The lowest BCUT2D eigenvalue weighted by Crippen LogP contribution is -2.42. The van der Waals surface area contributed by atoms with Crippen molar-refractivity contribution < 1.29 is 4.52 Å². The summed E-state index contributed by atoms with van der Waals surface area (Å²) in [6.07, 6.45) is 2.08. The molecule has 0 fully saturated rings. The summed E-state index contributed by atoms with van der Waals surface area (Å²) < 4.78 is 4.95. The predicted molar refractivity (Wildman–Crippen MR) is 107 cm³/mol. The average Bonchev–Trinajstić information content (AvgIpc) is 2.97. The van der Waals surface area contributed by atoms with E-state index in [1.54, 1.807) is 6.92 Å². The van der Waals surface area contributed by atoms with Gasteiger partial charge in [-0.15, -0.1) is 24.0 Å². The van der Waals surface area contributed by atoms with Crippen LogP contribution in [0.1, 0.15) is 37.5 Å². The molecule has 1 aromatic carbocycles. The Morgan fingerprint density at radius 2 is 2.04 bits per heavy atom. The SMILES string of the molecule is CCNC(=NCc1noc(C)n1)NC(C)CCc1ccccc1.I. The van der Waals surface area contributed by atoms with Gasteiger partial charge in [0.15, 0.2) is 11.8 Å². The third-order valence-electron chi connectivity index (χ3n) is 3.38. The van der Waals surface area contributed by atoms with Crippen LogP contribution in [0.2, 0.25) is 0 Å². The number of aromatic nitrogens is 2. The second kappa shape index (κ2) is 11.0. The molecular weight excluding hydrogens is 417 g/mol. The Morgan fingerprint density at radius 3 is 2.67 bits per heavy atom. The van der Waals surface area contributed by atoms with Crippen molar-refractivity contribution >= 4 is 29.9 Å². The standard InChI is InChI=1S/C17H25N5O.HI/c1-4-18-17(19-12-16-21-14(3)23-22-16)20-13(2)10-11-15-8-6-5-7-9-15;/h5-9,13H,4,10-12H2,1-3H3,(H2,18,19,20);1H. The molecule has 1 heterocycles. The van der Waals surface area contributed by atoms with E-state index in [4.69, 9.17) is 4.52 Å². The molecule has 132 valence electrons. The molecule has 0 saturated carbocycles. The maximum absolute atomic E-state index is 4.95. The average molecular weight is 443 g/mol. The number of hydrogen-bond donors (Lipinski definition) is 2. The Morgan fingerprint density at radius 1 is 1.29 bits per heavy atom. The molecule has 1 aromatic heterocycles. The summed E-state index contributed by atoms with van der Waals surface area (Å²) in [7, 11) is 0. The van der Waals surface area contributed by atoms with Gasteiger partial charge in [0, 0.05) is 19.5 Å². The number of aryl methyl sites for hydroxylation is 2. The van der Waals surface area contributed by atoms with E-state index < -0.39 is 0 Å². The van der Waals surface area contributed by atoms with Gasteiger partial charge >= 0.3 is 0 Å². The fraction of sp³-hybridized carbons (Fsp3) is 0.471. The maximum atomic E-state index is 4.95. The fourth-order valence-electron chi connectivity index (χ4n) is 2.21. The number of rotatable bonds is 7. The summed E-state index contributed by atoms with van der Waals surface area (Å²) in [5, 5.41) is 10.5.